The number of ketones is 2. The van der Waals surface area contributed by atoms with Crippen molar-refractivity contribution in [2.24, 2.45) is 29.6 Å². The first-order valence-electron chi connectivity index (χ1n) is 15.5. The van der Waals surface area contributed by atoms with Crippen molar-refractivity contribution in [2.45, 2.75) is 129 Å². The molecule has 2 aliphatic rings. The van der Waals surface area contributed by atoms with Crippen LogP contribution < -0.4 is 0 Å². The van der Waals surface area contributed by atoms with Crippen LogP contribution in [0.15, 0.2) is 0 Å². The van der Waals surface area contributed by atoms with Gasteiger partial charge in [-0.05, 0) is 61.1 Å². The van der Waals surface area contributed by atoms with E-state index < -0.39 is 77.1 Å². The molecule has 2 rings (SSSR count). The van der Waals surface area contributed by atoms with Crippen LogP contribution in [0.5, 0.6) is 0 Å². The number of rotatable bonds is 7. The third-order valence-electron chi connectivity index (χ3n) is 9.94. The molecule has 2 saturated heterocycles. The molecule has 0 aromatic rings. The number of aliphatic hydroxyl groups excluding tert-OH is 1. The summed E-state index contributed by atoms with van der Waals surface area (Å²) >= 11 is 0. The molecule has 0 saturated carbocycles. The Labute approximate surface area is 256 Å². The van der Waals surface area contributed by atoms with Crippen LogP contribution in [0, 0.1) is 29.6 Å². The largest absolute Gasteiger partial charge is 0.459 e. The lowest BCUT2D eigenvalue weighted by molar-refractivity contribution is -0.295. The normalized spacial score (nSPS) is 44.1. The molecule has 2 fully saturated rings. The lowest BCUT2D eigenvalue weighted by Crippen LogP contribution is -2.59. The van der Waals surface area contributed by atoms with E-state index in [1.807, 2.05) is 25.9 Å². The molecular weight excluding hydrogens is 558 g/mol. The number of Topliss-reactive ketones (excluding diaryl/α,β-unsaturated/α-hetero) is 2. The van der Waals surface area contributed by atoms with Crippen LogP contribution in [-0.4, -0.2) is 108 Å². The number of carbonyl (C=O) groups is 4. The van der Waals surface area contributed by atoms with Crippen molar-refractivity contribution in [1.82, 2.24) is 4.90 Å². The molecule has 2 unspecified atom stereocenters. The van der Waals surface area contributed by atoms with Crippen LogP contribution in [0.3, 0.4) is 0 Å². The van der Waals surface area contributed by atoms with Crippen molar-refractivity contribution in [3.63, 3.8) is 0 Å². The summed E-state index contributed by atoms with van der Waals surface area (Å²) in [5, 5.41) is 22.9. The first-order valence-corrected chi connectivity index (χ1v) is 15.5. The number of hydrogen-bond acceptors (Lipinski definition) is 11. The summed E-state index contributed by atoms with van der Waals surface area (Å²) in [5.41, 5.74) is -2.97. The lowest BCUT2D eigenvalue weighted by Gasteiger charge is -2.47. The fourth-order valence-corrected chi connectivity index (χ4v) is 7.07. The monoisotopic (exact) mass is 613 g/mol. The molecule has 11 nitrogen and oxygen atoms in total. The van der Waals surface area contributed by atoms with Crippen molar-refractivity contribution < 1.29 is 48.3 Å². The van der Waals surface area contributed by atoms with E-state index in [1.54, 1.807) is 34.6 Å². The van der Waals surface area contributed by atoms with Gasteiger partial charge in [0, 0.05) is 43.2 Å². The minimum Gasteiger partial charge on any atom is -0.459 e. The van der Waals surface area contributed by atoms with E-state index in [9.17, 15) is 29.4 Å². The van der Waals surface area contributed by atoms with Crippen molar-refractivity contribution >= 4 is 23.8 Å². The van der Waals surface area contributed by atoms with E-state index >= 15 is 0 Å². The van der Waals surface area contributed by atoms with Gasteiger partial charge in [-0.25, -0.2) is 0 Å². The maximum Gasteiger partial charge on any atom is 0.316 e. The van der Waals surface area contributed by atoms with E-state index in [-0.39, 0.29) is 37.2 Å². The van der Waals surface area contributed by atoms with Gasteiger partial charge in [-0.15, -0.1) is 0 Å². The maximum atomic E-state index is 13.9. The van der Waals surface area contributed by atoms with Gasteiger partial charge < -0.3 is 38.9 Å². The molecule has 0 amide bonds. The number of aliphatic hydroxyl groups is 2. The van der Waals surface area contributed by atoms with Crippen LogP contribution in [0.2, 0.25) is 0 Å². The highest BCUT2D eigenvalue weighted by Gasteiger charge is 2.52. The minimum absolute atomic E-state index is 0.121. The van der Waals surface area contributed by atoms with Crippen LogP contribution in [0.25, 0.3) is 0 Å². The summed E-state index contributed by atoms with van der Waals surface area (Å²) in [6.45, 7) is 13.3. The van der Waals surface area contributed by atoms with Gasteiger partial charge in [0.1, 0.15) is 35.8 Å². The molecule has 11 heteroatoms. The SMILES string of the molecule is CC[C@H]1OC(=O)C(C)C(=O)[C@@H](C)[C@@H](O[C@@H]2O[C@H](C)C[C@H](N(C)C)[C@H]2O)[C@](C)(OC)C[C@@H](C)C(=O)C(C)[C@H](CC=O)[C@]1(C)O. The Balaban J connectivity index is 2.66. The highest BCUT2D eigenvalue weighted by atomic mass is 16.7. The number of carbonyl (C=O) groups excluding carboxylic acids is 4. The van der Waals surface area contributed by atoms with Crippen molar-refractivity contribution in [3.05, 3.63) is 0 Å². The van der Waals surface area contributed by atoms with Crippen molar-refractivity contribution in [3.8, 4) is 0 Å². The average molecular weight is 614 g/mol. The van der Waals surface area contributed by atoms with Crippen LogP contribution in [0.4, 0.5) is 0 Å². The summed E-state index contributed by atoms with van der Waals surface area (Å²) in [4.78, 5) is 54.8. The third kappa shape index (κ3) is 8.10. The second kappa shape index (κ2) is 15.0. The molecule has 0 aromatic heterocycles. The first-order chi connectivity index (χ1) is 19.9. The van der Waals surface area contributed by atoms with Gasteiger partial charge >= 0.3 is 5.97 Å². The standard InChI is InChI=1S/C32H55NO10/c1-12-24-32(8,39)22(13-14-34)19(4)25(35)17(2)16-31(7,40-11)28(20(5)26(36)21(6)29(38)42-24)43-30-27(37)23(33(9)10)15-18(3)41-30/h14,17-24,27-28,30,37,39H,12-13,15-16H2,1-11H3/t17-,18-,19?,20-,21?,22+,23+,24-,27-,28-,30+,31-,32+/m1/s1. The van der Waals surface area contributed by atoms with Crippen molar-refractivity contribution in [2.75, 3.05) is 21.2 Å². The number of methoxy groups -OCH3 is 1. The molecule has 0 radical (unpaired) electrons. The second-order valence-corrected chi connectivity index (χ2v) is 13.4. The van der Waals surface area contributed by atoms with Crippen molar-refractivity contribution in [1.29, 1.82) is 0 Å². The second-order valence-electron chi connectivity index (χ2n) is 13.4. The van der Waals surface area contributed by atoms with E-state index in [0.717, 1.165) is 0 Å². The minimum atomic E-state index is -1.72. The van der Waals surface area contributed by atoms with Gasteiger partial charge in [0.15, 0.2) is 12.1 Å². The smallest absolute Gasteiger partial charge is 0.316 e. The first kappa shape index (κ1) is 37.4. The van der Waals surface area contributed by atoms with E-state index in [2.05, 4.69) is 0 Å². The predicted octanol–water partition coefficient (Wildman–Crippen LogP) is 2.57. The fraction of sp³-hybridized carbons (Fsp3) is 0.875. The maximum absolute atomic E-state index is 13.9. The molecule has 0 aliphatic carbocycles. The summed E-state index contributed by atoms with van der Waals surface area (Å²) in [7, 11) is 5.18. The summed E-state index contributed by atoms with van der Waals surface area (Å²) < 4.78 is 24.3. The quantitative estimate of drug-likeness (QED) is 0.248. The van der Waals surface area contributed by atoms with E-state index in [0.29, 0.717) is 12.7 Å². The Kier molecular flexibility index (Phi) is 13.1. The Morgan fingerprint density at radius 3 is 2.16 bits per heavy atom. The molecule has 2 aliphatic heterocycles. The molecule has 0 aromatic carbocycles. The summed E-state index contributed by atoms with van der Waals surface area (Å²) in [6.07, 6.45) is -3.05. The zero-order chi connectivity index (χ0) is 33.0. The molecule has 13 atom stereocenters. The van der Waals surface area contributed by atoms with Gasteiger partial charge in [-0.3, -0.25) is 14.4 Å². The molecule has 0 bridgehead atoms. The van der Waals surface area contributed by atoms with Crippen LogP contribution >= 0.6 is 0 Å². The fourth-order valence-electron chi connectivity index (χ4n) is 7.07. The molecule has 248 valence electrons. The van der Waals surface area contributed by atoms with Crippen LogP contribution in [0.1, 0.15) is 81.1 Å². The number of likely N-dealkylation sites (N-methyl/N-ethyl adjacent to an activating group) is 1. The number of cyclic esters (lactones) is 1. The third-order valence-corrected chi connectivity index (χ3v) is 9.94. The molecule has 0 spiro atoms. The number of aldehydes is 1. The van der Waals surface area contributed by atoms with Gasteiger partial charge in [0.2, 0.25) is 0 Å². The van der Waals surface area contributed by atoms with Gasteiger partial charge in [0.25, 0.3) is 0 Å². The Morgan fingerprint density at radius 1 is 1.05 bits per heavy atom. The molecular formula is C32H55NO10. The Hall–Kier alpha value is -1.76. The number of esters is 1. The van der Waals surface area contributed by atoms with E-state index in [4.69, 9.17) is 18.9 Å². The molecule has 43 heavy (non-hydrogen) atoms. The predicted molar refractivity (Wildman–Crippen MR) is 159 cm³/mol. The Morgan fingerprint density at radius 2 is 1.65 bits per heavy atom. The number of ether oxygens (including phenoxy) is 4. The number of hydrogen-bond donors (Lipinski definition) is 2. The highest BCUT2D eigenvalue weighted by molar-refractivity contribution is 6.00. The Bertz CT molecular complexity index is 985. The summed E-state index contributed by atoms with van der Waals surface area (Å²) in [6, 6.07) is -0.268. The topological polar surface area (TPSA) is 149 Å². The zero-order valence-electron chi connectivity index (χ0n) is 27.9. The van der Waals surface area contributed by atoms with Gasteiger partial charge in [-0.2, -0.15) is 0 Å². The zero-order valence-corrected chi connectivity index (χ0v) is 27.9. The van der Waals surface area contributed by atoms with Gasteiger partial charge in [0.05, 0.1) is 17.8 Å². The van der Waals surface area contributed by atoms with E-state index in [1.165, 1.54) is 21.0 Å². The van der Waals surface area contributed by atoms with Gasteiger partial charge in [-0.1, -0.05) is 27.7 Å². The molecule has 2 heterocycles. The lowest BCUT2D eigenvalue weighted by atomic mass is 9.69. The highest BCUT2D eigenvalue weighted by Crippen LogP contribution is 2.40. The number of nitrogens with zero attached hydrogens (tertiary/aromatic N) is 1. The molecule has 2 N–H and O–H groups in total. The summed E-state index contributed by atoms with van der Waals surface area (Å²) in [5.74, 6) is -5.93. The average Bonchev–Trinajstić information content (AvgIpc) is 2.95. The van der Waals surface area contributed by atoms with Crippen LogP contribution in [-0.2, 0) is 38.1 Å².